The van der Waals surface area contributed by atoms with Crippen LogP contribution in [0, 0.1) is 6.92 Å². The average molecular weight is 337 g/mol. The number of carbonyl (C=O) groups is 1. The second kappa shape index (κ2) is 7.73. The highest BCUT2D eigenvalue weighted by molar-refractivity contribution is 5.78. The van der Waals surface area contributed by atoms with Crippen LogP contribution in [0.4, 0.5) is 0 Å². The van der Waals surface area contributed by atoms with Gasteiger partial charge in [0.05, 0.1) is 13.5 Å². The van der Waals surface area contributed by atoms with Crippen LogP contribution in [0.5, 0.6) is 5.75 Å². The van der Waals surface area contributed by atoms with Gasteiger partial charge in [0.25, 0.3) is 0 Å². The number of ether oxygens (including phenoxy) is 1. The molecule has 1 saturated carbocycles. The SMILES string of the molecule is COc1cc(CC(=O)NCC2(c3ccccc3)CCCC2)ccc1C. The minimum Gasteiger partial charge on any atom is -0.496 e. The van der Waals surface area contributed by atoms with Gasteiger partial charge in [0.2, 0.25) is 5.91 Å². The smallest absolute Gasteiger partial charge is 0.224 e. The van der Waals surface area contributed by atoms with Gasteiger partial charge in [0, 0.05) is 12.0 Å². The largest absolute Gasteiger partial charge is 0.496 e. The molecule has 2 aromatic carbocycles. The number of rotatable bonds is 6. The molecule has 132 valence electrons. The highest BCUT2D eigenvalue weighted by Gasteiger charge is 2.35. The molecule has 0 bridgehead atoms. The molecule has 1 aliphatic carbocycles. The van der Waals surface area contributed by atoms with Gasteiger partial charge in [-0.2, -0.15) is 0 Å². The molecule has 1 amide bonds. The van der Waals surface area contributed by atoms with Crippen LogP contribution in [-0.4, -0.2) is 19.6 Å². The summed E-state index contributed by atoms with van der Waals surface area (Å²) >= 11 is 0. The molecule has 1 N–H and O–H groups in total. The molecule has 0 heterocycles. The second-order valence-electron chi connectivity index (χ2n) is 7.11. The van der Waals surface area contributed by atoms with Crippen LogP contribution >= 0.6 is 0 Å². The predicted octanol–water partition coefficient (Wildman–Crippen LogP) is 4.17. The molecule has 0 radical (unpaired) electrons. The van der Waals surface area contributed by atoms with E-state index in [2.05, 4.69) is 35.6 Å². The number of hydrogen-bond donors (Lipinski definition) is 1. The summed E-state index contributed by atoms with van der Waals surface area (Å²) in [7, 11) is 1.66. The molecular formula is C22H27NO2. The number of aryl methyl sites for hydroxylation is 1. The van der Waals surface area contributed by atoms with Crippen molar-refractivity contribution in [2.45, 2.75) is 44.4 Å². The van der Waals surface area contributed by atoms with Crippen molar-refractivity contribution in [3.63, 3.8) is 0 Å². The molecule has 2 aromatic rings. The highest BCUT2D eigenvalue weighted by Crippen LogP contribution is 2.40. The fourth-order valence-electron chi connectivity index (χ4n) is 3.90. The normalized spacial score (nSPS) is 15.8. The van der Waals surface area contributed by atoms with Gasteiger partial charge in [-0.25, -0.2) is 0 Å². The first-order valence-corrected chi connectivity index (χ1v) is 9.09. The zero-order chi connectivity index (χ0) is 17.7. The maximum Gasteiger partial charge on any atom is 0.224 e. The van der Waals surface area contributed by atoms with Crippen LogP contribution in [0.3, 0.4) is 0 Å². The minimum atomic E-state index is 0.0770. The standard InChI is InChI=1S/C22H27NO2/c1-17-10-11-18(14-20(17)25-2)15-21(24)23-16-22(12-6-7-13-22)19-8-4-3-5-9-19/h3-5,8-11,14H,6-7,12-13,15-16H2,1-2H3,(H,23,24). The van der Waals surface area contributed by atoms with Gasteiger partial charge in [0.15, 0.2) is 0 Å². The van der Waals surface area contributed by atoms with Crippen LogP contribution in [0.1, 0.15) is 42.4 Å². The Kier molecular flexibility index (Phi) is 5.42. The summed E-state index contributed by atoms with van der Waals surface area (Å²) < 4.78 is 5.35. The maximum absolute atomic E-state index is 12.5. The molecule has 1 aliphatic rings. The minimum absolute atomic E-state index is 0.0770. The summed E-state index contributed by atoms with van der Waals surface area (Å²) in [6, 6.07) is 16.6. The molecule has 0 aromatic heterocycles. The number of carbonyl (C=O) groups excluding carboxylic acids is 1. The number of benzene rings is 2. The number of hydrogen-bond acceptors (Lipinski definition) is 2. The first-order valence-electron chi connectivity index (χ1n) is 9.09. The summed E-state index contributed by atoms with van der Waals surface area (Å²) in [6.45, 7) is 2.73. The van der Waals surface area contributed by atoms with Gasteiger partial charge in [-0.05, 0) is 42.5 Å². The van der Waals surface area contributed by atoms with Crippen molar-refractivity contribution in [2.75, 3.05) is 13.7 Å². The molecule has 25 heavy (non-hydrogen) atoms. The number of nitrogens with one attached hydrogen (secondary N) is 1. The van der Waals surface area contributed by atoms with Gasteiger partial charge < -0.3 is 10.1 Å². The molecule has 0 aliphatic heterocycles. The summed E-state index contributed by atoms with van der Waals surface area (Å²) in [5.41, 5.74) is 3.52. The quantitative estimate of drug-likeness (QED) is 0.859. The third-order valence-electron chi connectivity index (χ3n) is 5.41. The van der Waals surface area contributed by atoms with Gasteiger partial charge in [-0.3, -0.25) is 4.79 Å². The van der Waals surface area contributed by atoms with E-state index in [1.807, 2.05) is 25.1 Å². The van der Waals surface area contributed by atoms with E-state index in [9.17, 15) is 4.79 Å². The summed E-state index contributed by atoms with van der Waals surface area (Å²) in [5, 5.41) is 3.18. The van der Waals surface area contributed by atoms with Crippen LogP contribution in [-0.2, 0) is 16.6 Å². The van der Waals surface area contributed by atoms with Crippen molar-refractivity contribution in [3.05, 3.63) is 65.2 Å². The fraction of sp³-hybridized carbons (Fsp3) is 0.409. The van der Waals surface area contributed by atoms with Gasteiger partial charge in [-0.15, -0.1) is 0 Å². The summed E-state index contributed by atoms with van der Waals surface area (Å²) in [4.78, 5) is 12.5. The van der Waals surface area contributed by atoms with Crippen LogP contribution in [0.25, 0.3) is 0 Å². The van der Waals surface area contributed by atoms with Crippen molar-refractivity contribution in [3.8, 4) is 5.75 Å². The van der Waals surface area contributed by atoms with Gasteiger partial charge in [-0.1, -0.05) is 55.3 Å². The van der Waals surface area contributed by atoms with E-state index in [4.69, 9.17) is 4.74 Å². The number of methoxy groups -OCH3 is 1. The third-order valence-corrected chi connectivity index (χ3v) is 5.41. The lowest BCUT2D eigenvalue weighted by Crippen LogP contribution is -2.39. The summed E-state index contributed by atoms with van der Waals surface area (Å²) in [5.74, 6) is 0.912. The Hall–Kier alpha value is -2.29. The second-order valence-corrected chi connectivity index (χ2v) is 7.11. The Balaban J connectivity index is 1.65. The fourth-order valence-corrected chi connectivity index (χ4v) is 3.90. The molecular weight excluding hydrogens is 310 g/mol. The molecule has 0 atom stereocenters. The van der Waals surface area contributed by atoms with E-state index >= 15 is 0 Å². The van der Waals surface area contributed by atoms with Gasteiger partial charge >= 0.3 is 0 Å². The monoisotopic (exact) mass is 337 g/mol. The summed E-state index contributed by atoms with van der Waals surface area (Å²) in [6.07, 6.45) is 5.16. The van der Waals surface area contributed by atoms with Gasteiger partial charge in [0.1, 0.15) is 5.75 Å². The first kappa shape index (κ1) is 17.5. The van der Waals surface area contributed by atoms with E-state index in [0.717, 1.165) is 36.3 Å². The maximum atomic E-state index is 12.5. The zero-order valence-corrected chi connectivity index (χ0v) is 15.2. The van der Waals surface area contributed by atoms with Crippen molar-refractivity contribution in [1.82, 2.24) is 5.32 Å². The molecule has 0 saturated heterocycles. The Morgan fingerprint density at radius 2 is 1.84 bits per heavy atom. The molecule has 1 fully saturated rings. The molecule has 3 heteroatoms. The van der Waals surface area contributed by atoms with E-state index in [1.165, 1.54) is 18.4 Å². The molecule has 3 nitrogen and oxygen atoms in total. The third kappa shape index (κ3) is 4.04. The Morgan fingerprint density at radius 1 is 1.12 bits per heavy atom. The Bertz CT molecular complexity index is 718. The van der Waals surface area contributed by atoms with Crippen molar-refractivity contribution >= 4 is 5.91 Å². The van der Waals surface area contributed by atoms with E-state index in [-0.39, 0.29) is 11.3 Å². The lowest BCUT2D eigenvalue weighted by molar-refractivity contribution is -0.120. The molecule has 0 unspecified atom stereocenters. The highest BCUT2D eigenvalue weighted by atomic mass is 16.5. The van der Waals surface area contributed by atoms with E-state index in [0.29, 0.717) is 6.42 Å². The van der Waals surface area contributed by atoms with Crippen molar-refractivity contribution < 1.29 is 9.53 Å². The van der Waals surface area contributed by atoms with Crippen LogP contribution < -0.4 is 10.1 Å². The number of amides is 1. The molecule has 3 rings (SSSR count). The predicted molar refractivity (Wildman–Crippen MR) is 101 cm³/mol. The Labute approximate surface area is 150 Å². The topological polar surface area (TPSA) is 38.3 Å². The first-order chi connectivity index (χ1) is 12.1. The van der Waals surface area contributed by atoms with E-state index < -0.39 is 0 Å². The van der Waals surface area contributed by atoms with Crippen molar-refractivity contribution in [1.29, 1.82) is 0 Å². The van der Waals surface area contributed by atoms with Crippen LogP contribution in [0.2, 0.25) is 0 Å². The zero-order valence-electron chi connectivity index (χ0n) is 15.2. The lowest BCUT2D eigenvalue weighted by Gasteiger charge is -2.30. The van der Waals surface area contributed by atoms with E-state index in [1.54, 1.807) is 7.11 Å². The van der Waals surface area contributed by atoms with Crippen molar-refractivity contribution in [2.24, 2.45) is 0 Å². The van der Waals surface area contributed by atoms with Crippen LogP contribution in [0.15, 0.2) is 48.5 Å². The molecule has 0 spiro atoms. The Morgan fingerprint density at radius 3 is 2.52 bits per heavy atom. The average Bonchev–Trinajstić information content (AvgIpc) is 3.13. The lowest BCUT2D eigenvalue weighted by atomic mass is 9.79.